The van der Waals surface area contributed by atoms with Crippen LogP contribution in [0.4, 0.5) is 0 Å². The molecule has 0 spiro atoms. The first-order valence-electron chi connectivity index (χ1n) is 9.54. The largest absolute Gasteiger partial charge is 0.381 e. The van der Waals surface area contributed by atoms with Gasteiger partial charge in [-0.2, -0.15) is 0 Å². The van der Waals surface area contributed by atoms with Crippen LogP contribution >= 0.6 is 0 Å². The van der Waals surface area contributed by atoms with Gasteiger partial charge in [-0.25, -0.2) is 0 Å². The van der Waals surface area contributed by atoms with E-state index in [1.54, 1.807) is 0 Å². The minimum atomic E-state index is -0.331. The molecule has 2 heterocycles. The van der Waals surface area contributed by atoms with Crippen molar-refractivity contribution in [2.45, 2.75) is 43.6 Å². The van der Waals surface area contributed by atoms with Crippen molar-refractivity contribution in [1.82, 2.24) is 10.2 Å². The van der Waals surface area contributed by atoms with Crippen LogP contribution in [0.2, 0.25) is 0 Å². The molecule has 0 saturated carbocycles. The van der Waals surface area contributed by atoms with Gasteiger partial charge in [0.1, 0.15) is 0 Å². The number of ether oxygens (including phenoxy) is 1. The van der Waals surface area contributed by atoms with Crippen molar-refractivity contribution in [2.75, 3.05) is 32.8 Å². The topological polar surface area (TPSA) is 84.7 Å². The maximum atomic E-state index is 12.6. The summed E-state index contributed by atoms with van der Waals surface area (Å²) in [6, 6.07) is 10.0. The first-order valence-corrected chi connectivity index (χ1v) is 9.54. The highest BCUT2D eigenvalue weighted by atomic mass is 16.5. The summed E-state index contributed by atoms with van der Waals surface area (Å²) in [6.07, 6.45) is 4.52. The number of primary amides is 1. The molecule has 0 aliphatic carbocycles. The summed E-state index contributed by atoms with van der Waals surface area (Å²) in [6.45, 7) is 2.99. The molecular weight excluding hydrogens is 330 g/mol. The number of benzene rings is 1. The molecule has 2 fully saturated rings. The van der Waals surface area contributed by atoms with Crippen LogP contribution in [-0.2, 0) is 19.7 Å². The molecule has 6 nitrogen and oxygen atoms in total. The van der Waals surface area contributed by atoms with Crippen LogP contribution in [0.25, 0.3) is 0 Å². The summed E-state index contributed by atoms with van der Waals surface area (Å²) in [7, 11) is 0. The molecule has 1 aromatic rings. The fourth-order valence-corrected chi connectivity index (χ4v) is 4.13. The highest BCUT2D eigenvalue weighted by Crippen LogP contribution is 2.34. The van der Waals surface area contributed by atoms with Crippen molar-refractivity contribution in [3.63, 3.8) is 0 Å². The molecule has 26 heavy (non-hydrogen) atoms. The lowest BCUT2D eigenvalue weighted by Gasteiger charge is -2.38. The van der Waals surface area contributed by atoms with Crippen LogP contribution in [0.15, 0.2) is 30.3 Å². The van der Waals surface area contributed by atoms with Crippen molar-refractivity contribution in [1.29, 1.82) is 0 Å². The molecule has 6 heteroatoms. The number of nitrogens with one attached hydrogen (secondary N) is 1. The lowest BCUT2D eigenvalue weighted by Crippen LogP contribution is -2.52. The van der Waals surface area contributed by atoms with Crippen molar-refractivity contribution in [3.05, 3.63) is 35.9 Å². The summed E-state index contributed by atoms with van der Waals surface area (Å²) in [4.78, 5) is 26.1. The zero-order chi connectivity index (χ0) is 18.4. The van der Waals surface area contributed by atoms with E-state index in [1.807, 2.05) is 23.1 Å². The lowest BCUT2D eigenvalue weighted by atomic mass is 9.74. The fourth-order valence-electron chi connectivity index (χ4n) is 4.13. The van der Waals surface area contributed by atoms with Crippen LogP contribution in [-0.4, -0.2) is 55.6 Å². The third-order valence-electron chi connectivity index (χ3n) is 5.75. The molecule has 2 aliphatic rings. The van der Waals surface area contributed by atoms with E-state index in [-0.39, 0.29) is 29.8 Å². The van der Waals surface area contributed by atoms with Crippen molar-refractivity contribution in [3.8, 4) is 0 Å². The highest BCUT2D eigenvalue weighted by molar-refractivity contribution is 5.82. The Hall–Kier alpha value is -1.92. The van der Waals surface area contributed by atoms with E-state index in [2.05, 4.69) is 17.4 Å². The Labute approximate surface area is 155 Å². The van der Waals surface area contributed by atoms with Crippen LogP contribution < -0.4 is 11.1 Å². The van der Waals surface area contributed by atoms with Gasteiger partial charge in [0.15, 0.2) is 0 Å². The summed E-state index contributed by atoms with van der Waals surface area (Å²) < 4.78 is 5.54. The summed E-state index contributed by atoms with van der Waals surface area (Å²) in [5.41, 5.74) is 6.66. The molecule has 1 unspecified atom stereocenters. The lowest BCUT2D eigenvalue weighted by molar-refractivity contribution is -0.128. The van der Waals surface area contributed by atoms with Crippen LogP contribution in [0, 0.1) is 0 Å². The zero-order valence-electron chi connectivity index (χ0n) is 15.3. The Kier molecular flexibility index (Phi) is 6.27. The SMILES string of the molecule is NC(=O)C1CCCCN1CC(=O)NCC1(c2ccccc2)CCOCC1. The van der Waals surface area contributed by atoms with Gasteiger partial charge in [0.25, 0.3) is 0 Å². The second kappa shape index (κ2) is 8.64. The van der Waals surface area contributed by atoms with Gasteiger partial charge in [-0.3, -0.25) is 14.5 Å². The van der Waals surface area contributed by atoms with Gasteiger partial charge in [0.05, 0.1) is 12.6 Å². The number of rotatable bonds is 6. The van der Waals surface area contributed by atoms with Crippen LogP contribution in [0.5, 0.6) is 0 Å². The number of piperidine rings is 1. The summed E-state index contributed by atoms with van der Waals surface area (Å²) >= 11 is 0. The number of amides is 2. The van der Waals surface area contributed by atoms with Crippen molar-refractivity contribution < 1.29 is 14.3 Å². The third-order valence-corrected chi connectivity index (χ3v) is 5.75. The minimum absolute atomic E-state index is 0.0417. The first kappa shape index (κ1) is 18.9. The third kappa shape index (κ3) is 4.43. The molecular formula is C20H29N3O3. The second-order valence-electron chi connectivity index (χ2n) is 7.42. The maximum Gasteiger partial charge on any atom is 0.234 e. The quantitative estimate of drug-likeness (QED) is 0.799. The van der Waals surface area contributed by atoms with E-state index in [4.69, 9.17) is 10.5 Å². The van der Waals surface area contributed by atoms with E-state index in [1.165, 1.54) is 5.56 Å². The van der Waals surface area contributed by atoms with E-state index >= 15 is 0 Å². The summed E-state index contributed by atoms with van der Waals surface area (Å²) in [5, 5.41) is 3.11. The average molecular weight is 359 g/mol. The highest BCUT2D eigenvalue weighted by Gasteiger charge is 2.35. The molecule has 2 amide bonds. The molecule has 3 N–H and O–H groups in total. The standard InChI is InChI=1S/C20H29N3O3/c21-19(25)17-8-4-5-11-23(17)14-18(24)22-15-20(9-12-26-13-10-20)16-6-2-1-3-7-16/h1-3,6-7,17H,4-5,8-15H2,(H2,21,25)(H,22,24). The van der Waals surface area contributed by atoms with Gasteiger partial charge < -0.3 is 15.8 Å². The Morgan fingerprint density at radius 1 is 1.19 bits per heavy atom. The molecule has 1 atom stereocenters. The van der Waals surface area contributed by atoms with E-state index < -0.39 is 0 Å². The van der Waals surface area contributed by atoms with Gasteiger partial charge in [-0.1, -0.05) is 36.8 Å². The van der Waals surface area contributed by atoms with Crippen LogP contribution in [0.1, 0.15) is 37.7 Å². The molecule has 0 bridgehead atoms. The predicted molar refractivity (Wildman–Crippen MR) is 99.6 cm³/mol. The van der Waals surface area contributed by atoms with E-state index in [0.29, 0.717) is 19.8 Å². The first-order chi connectivity index (χ1) is 12.6. The molecule has 0 radical (unpaired) electrons. The average Bonchev–Trinajstić information content (AvgIpc) is 2.68. The Bertz CT molecular complexity index is 614. The van der Waals surface area contributed by atoms with Gasteiger partial charge in [-0.15, -0.1) is 0 Å². The summed E-state index contributed by atoms with van der Waals surface area (Å²) in [5.74, 6) is -0.373. The fraction of sp³-hybridized carbons (Fsp3) is 0.600. The molecule has 0 aromatic heterocycles. The maximum absolute atomic E-state index is 12.6. The van der Waals surface area contributed by atoms with E-state index in [0.717, 1.165) is 38.6 Å². The number of nitrogens with two attached hydrogens (primary N) is 1. The number of carbonyl (C=O) groups excluding carboxylic acids is 2. The Morgan fingerprint density at radius 2 is 1.92 bits per heavy atom. The van der Waals surface area contributed by atoms with Crippen LogP contribution in [0.3, 0.4) is 0 Å². The molecule has 3 rings (SSSR count). The predicted octanol–water partition coefficient (Wildman–Crippen LogP) is 1.19. The van der Waals surface area contributed by atoms with Gasteiger partial charge >= 0.3 is 0 Å². The number of likely N-dealkylation sites (tertiary alicyclic amines) is 1. The molecule has 1 aromatic carbocycles. The second-order valence-corrected chi connectivity index (χ2v) is 7.42. The number of nitrogens with zero attached hydrogens (tertiary/aromatic N) is 1. The van der Waals surface area contributed by atoms with Crippen molar-refractivity contribution in [2.24, 2.45) is 5.73 Å². The Balaban J connectivity index is 1.62. The van der Waals surface area contributed by atoms with Gasteiger partial charge in [-0.05, 0) is 37.8 Å². The molecule has 2 aliphatic heterocycles. The molecule has 2 saturated heterocycles. The molecule has 142 valence electrons. The smallest absolute Gasteiger partial charge is 0.234 e. The van der Waals surface area contributed by atoms with E-state index in [9.17, 15) is 9.59 Å². The van der Waals surface area contributed by atoms with Gasteiger partial charge in [0.2, 0.25) is 11.8 Å². The minimum Gasteiger partial charge on any atom is -0.381 e. The van der Waals surface area contributed by atoms with Crippen molar-refractivity contribution >= 4 is 11.8 Å². The number of carbonyl (C=O) groups is 2. The number of hydrogen-bond donors (Lipinski definition) is 2. The Morgan fingerprint density at radius 3 is 2.62 bits per heavy atom. The zero-order valence-corrected chi connectivity index (χ0v) is 15.3. The monoisotopic (exact) mass is 359 g/mol. The van der Waals surface area contributed by atoms with Gasteiger partial charge in [0, 0.05) is 25.2 Å². The normalized spacial score (nSPS) is 23.3. The number of hydrogen-bond acceptors (Lipinski definition) is 4.